The number of aryl methyl sites for hydroxylation is 2. The second-order valence-corrected chi connectivity index (χ2v) is 7.40. The quantitative estimate of drug-likeness (QED) is 0.378. The number of ether oxygens (including phenoxy) is 1. The highest BCUT2D eigenvalue weighted by atomic mass is 16.5. The molecule has 1 fully saturated rings. The number of hydrogen-bond donors (Lipinski definition) is 2. The summed E-state index contributed by atoms with van der Waals surface area (Å²) in [5.74, 6) is 4.02. The van der Waals surface area contributed by atoms with Gasteiger partial charge >= 0.3 is 0 Å². The van der Waals surface area contributed by atoms with Crippen molar-refractivity contribution in [3.63, 3.8) is 0 Å². The molecular weight excluding hydrogens is 328 g/mol. The molecule has 0 amide bonds. The van der Waals surface area contributed by atoms with E-state index in [2.05, 4.69) is 30.4 Å². The Kier molecular flexibility index (Phi) is 7.73. The summed E-state index contributed by atoms with van der Waals surface area (Å²) in [5, 5.41) is 15.5. The predicted octanol–water partition coefficient (Wildman–Crippen LogP) is 1.92. The van der Waals surface area contributed by atoms with Crippen LogP contribution < -0.4 is 10.6 Å². The van der Waals surface area contributed by atoms with Gasteiger partial charge in [0.1, 0.15) is 11.6 Å². The fraction of sp³-hybridized carbons (Fsp3) is 0.842. The van der Waals surface area contributed by atoms with Crippen LogP contribution in [0.25, 0.3) is 0 Å². The number of aliphatic imine (C=N–C) groups is 1. The van der Waals surface area contributed by atoms with Crippen LogP contribution in [0.2, 0.25) is 0 Å². The fourth-order valence-electron chi connectivity index (χ4n) is 3.32. The maximum absolute atomic E-state index is 5.65. The SMILES string of the molecule is CN=C(NCCCOCC1CC1)NCCCc1nnc2n1CCCCC2. The van der Waals surface area contributed by atoms with E-state index in [0.717, 1.165) is 76.2 Å². The van der Waals surface area contributed by atoms with Crippen LogP contribution in [0.4, 0.5) is 0 Å². The largest absolute Gasteiger partial charge is 0.381 e. The Morgan fingerprint density at radius 3 is 2.81 bits per heavy atom. The zero-order chi connectivity index (χ0) is 18.0. The Balaban J connectivity index is 1.26. The molecular formula is C19H34N6O. The minimum Gasteiger partial charge on any atom is -0.381 e. The molecule has 0 atom stereocenters. The van der Waals surface area contributed by atoms with Crippen LogP contribution in [0.15, 0.2) is 4.99 Å². The van der Waals surface area contributed by atoms with Crippen molar-refractivity contribution >= 4 is 5.96 Å². The molecule has 1 aliphatic carbocycles. The summed E-state index contributed by atoms with van der Waals surface area (Å²) in [4.78, 5) is 4.28. The first-order valence-electron chi connectivity index (χ1n) is 10.3. The van der Waals surface area contributed by atoms with Crippen molar-refractivity contribution in [3.8, 4) is 0 Å². The van der Waals surface area contributed by atoms with Crippen molar-refractivity contribution in [2.75, 3.05) is 33.4 Å². The zero-order valence-corrected chi connectivity index (χ0v) is 16.2. The van der Waals surface area contributed by atoms with Crippen LogP contribution in [0.1, 0.15) is 56.6 Å². The van der Waals surface area contributed by atoms with Crippen molar-refractivity contribution in [3.05, 3.63) is 11.6 Å². The van der Waals surface area contributed by atoms with Crippen molar-refractivity contribution < 1.29 is 4.74 Å². The van der Waals surface area contributed by atoms with E-state index < -0.39 is 0 Å². The van der Waals surface area contributed by atoms with Crippen LogP contribution in [0.5, 0.6) is 0 Å². The number of fused-ring (bicyclic) bond motifs is 1. The highest BCUT2D eigenvalue weighted by molar-refractivity contribution is 5.79. The van der Waals surface area contributed by atoms with Crippen molar-refractivity contribution in [1.29, 1.82) is 0 Å². The van der Waals surface area contributed by atoms with Gasteiger partial charge in [-0.3, -0.25) is 4.99 Å². The predicted molar refractivity (Wildman–Crippen MR) is 103 cm³/mol. The Morgan fingerprint density at radius 2 is 2.00 bits per heavy atom. The van der Waals surface area contributed by atoms with Gasteiger partial charge in [-0.05, 0) is 44.4 Å². The Morgan fingerprint density at radius 1 is 1.15 bits per heavy atom. The Labute approximate surface area is 157 Å². The molecule has 1 aromatic rings. The third-order valence-electron chi connectivity index (χ3n) is 5.09. The lowest BCUT2D eigenvalue weighted by Crippen LogP contribution is -2.38. The summed E-state index contributed by atoms with van der Waals surface area (Å²) >= 11 is 0. The van der Waals surface area contributed by atoms with E-state index >= 15 is 0 Å². The Bertz CT molecular complexity index is 566. The molecule has 26 heavy (non-hydrogen) atoms. The topological polar surface area (TPSA) is 76.4 Å². The standard InChI is InChI=1S/C19H34N6O/c1-20-19(22-12-6-14-26-15-16-9-10-16)21-11-5-8-18-24-23-17-7-3-2-4-13-25(17)18/h16H,2-15H2,1H3,(H2,20,21,22). The van der Waals surface area contributed by atoms with E-state index in [1.165, 1.54) is 37.9 Å². The van der Waals surface area contributed by atoms with E-state index in [1.54, 1.807) is 0 Å². The van der Waals surface area contributed by atoms with Crippen LogP contribution in [-0.2, 0) is 24.1 Å². The number of aromatic nitrogens is 3. The second-order valence-electron chi connectivity index (χ2n) is 7.40. The van der Waals surface area contributed by atoms with Crippen LogP contribution >= 0.6 is 0 Å². The van der Waals surface area contributed by atoms with Crippen molar-refractivity contribution in [1.82, 2.24) is 25.4 Å². The minimum atomic E-state index is 0.832. The molecule has 2 heterocycles. The van der Waals surface area contributed by atoms with Gasteiger partial charge in [0.15, 0.2) is 5.96 Å². The monoisotopic (exact) mass is 362 g/mol. The van der Waals surface area contributed by atoms with Gasteiger partial charge in [-0.25, -0.2) is 0 Å². The molecule has 0 spiro atoms. The van der Waals surface area contributed by atoms with Crippen molar-refractivity contribution in [2.24, 2.45) is 10.9 Å². The van der Waals surface area contributed by atoms with E-state index in [4.69, 9.17) is 4.74 Å². The lowest BCUT2D eigenvalue weighted by atomic mass is 10.2. The molecule has 7 nitrogen and oxygen atoms in total. The smallest absolute Gasteiger partial charge is 0.190 e. The van der Waals surface area contributed by atoms with Gasteiger partial charge in [-0.2, -0.15) is 0 Å². The number of nitrogens with zero attached hydrogens (tertiary/aromatic N) is 4. The van der Waals surface area contributed by atoms with E-state index in [1.807, 2.05) is 7.05 Å². The summed E-state index contributed by atoms with van der Waals surface area (Å²) in [6.07, 6.45) is 10.6. The molecule has 1 saturated carbocycles. The van der Waals surface area contributed by atoms with Crippen molar-refractivity contribution in [2.45, 2.75) is 64.3 Å². The summed E-state index contributed by atoms with van der Waals surface area (Å²) in [6.45, 7) is 4.64. The molecule has 146 valence electrons. The van der Waals surface area contributed by atoms with Gasteiger partial charge < -0.3 is 19.9 Å². The number of nitrogens with one attached hydrogen (secondary N) is 2. The maximum atomic E-state index is 5.65. The molecule has 2 N–H and O–H groups in total. The maximum Gasteiger partial charge on any atom is 0.190 e. The summed E-state index contributed by atoms with van der Waals surface area (Å²) in [6, 6.07) is 0. The lowest BCUT2D eigenvalue weighted by Gasteiger charge is -2.12. The summed E-state index contributed by atoms with van der Waals surface area (Å²) in [7, 11) is 1.82. The van der Waals surface area contributed by atoms with E-state index in [9.17, 15) is 0 Å². The first kappa shape index (κ1) is 19.1. The molecule has 1 aromatic heterocycles. The Hall–Kier alpha value is -1.63. The normalized spacial score (nSPS) is 17.7. The van der Waals surface area contributed by atoms with E-state index in [0.29, 0.717) is 0 Å². The van der Waals surface area contributed by atoms with Gasteiger partial charge in [-0.1, -0.05) is 6.42 Å². The first-order valence-corrected chi connectivity index (χ1v) is 10.3. The fourth-order valence-corrected chi connectivity index (χ4v) is 3.32. The average molecular weight is 363 g/mol. The zero-order valence-electron chi connectivity index (χ0n) is 16.2. The molecule has 2 aliphatic rings. The summed E-state index contributed by atoms with van der Waals surface area (Å²) in [5.41, 5.74) is 0. The average Bonchev–Trinajstić information content (AvgIpc) is 3.45. The van der Waals surface area contributed by atoms with Gasteiger partial charge in [-0.15, -0.1) is 10.2 Å². The number of guanidine groups is 1. The third kappa shape index (κ3) is 6.27. The molecule has 0 radical (unpaired) electrons. The number of rotatable bonds is 10. The lowest BCUT2D eigenvalue weighted by molar-refractivity contribution is 0.123. The third-order valence-corrected chi connectivity index (χ3v) is 5.09. The summed E-state index contributed by atoms with van der Waals surface area (Å²) < 4.78 is 7.99. The minimum absolute atomic E-state index is 0.832. The van der Waals surface area contributed by atoms with Gasteiger partial charge in [0.25, 0.3) is 0 Å². The first-order chi connectivity index (χ1) is 12.9. The van der Waals surface area contributed by atoms with Gasteiger partial charge in [0.05, 0.1) is 0 Å². The highest BCUT2D eigenvalue weighted by Crippen LogP contribution is 2.28. The van der Waals surface area contributed by atoms with Gasteiger partial charge in [0.2, 0.25) is 0 Å². The second kappa shape index (κ2) is 10.5. The molecule has 0 saturated heterocycles. The van der Waals surface area contributed by atoms with Gasteiger partial charge in [0, 0.05) is 52.7 Å². The molecule has 3 rings (SSSR count). The molecule has 7 heteroatoms. The molecule has 0 bridgehead atoms. The highest BCUT2D eigenvalue weighted by Gasteiger charge is 2.20. The van der Waals surface area contributed by atoms with Crippen LogP contribution in [-0.4, -0.2) is 54.1 Å². The molecule has 1 aliphatic heterocycles. The molecule has 0 aromatic carbocycles. The molecule has 0 unspecified atom stereocenters. The van der Waals surface area contributed by atoms with Crippen LogP contribution in [0, 0.1) is 5.92 Å². The van der Waals surface area contributed by atoms with E-state index in [-0.39, 0.29) is 0 Å². The number of hydrogen-bond acceptors (Lipinski definition) is 4. The van der Waals surface area contributed by atoms with Crippen LogP contribution in [0.3, 0.4) is 0 Å².